The molecule has 166 valence electrons. The van der Waals surface area contributed by atoms with Crippen LogP contribution < -0.4 is 15.4 Å². The fourth-order valence-corrected chi connectivity index (χ4v) is 3.81. The minimum absolute atomic E-state index is 0. The summed E-state index contributed by atoms with van der Waals surface area (Å²) in [6.45, 7) is 5.60. The van der Waals surface area contributed by atoms with E-state index in [1.807, 2.05) is 7.05 Å². The number of benzene rings is 1. The zero-order valence-electron chi connectivity index (χ0n) is 18.4. The van der Waals surface area contributed by atoms with Crippen molar-refractivity contribution < 1.29 is 14.2 Å². The first-order chi connectivity index (χ1) is 13.6. The highest BCUT2D eigenvalue weighted by Crippen LogP contribution is 2.40. The number of methoxy groups -OCH3 is 2. The predicted octanol–water partition coefficient (Wildman–Crippen LogP) is 3.90. The third kappa shape index (κ3) is 8.68. The van der Waals surface area contributed by atoms with Gasteiger partial charge in [-0.05, 0) is 43.2 Å². The number of nitrogens with zero attached hydrogens (tertiary/aromatic N) is 1. The van der Waals surface area contributed by atoms with Crippen LogP contribution in [0.2, 0.25) is 0 Å². The van der Waals surface area contributed by atoms with E-state index in [4.69, 9.17) is 14.2 Å². The molecule has 0 unspecified atom stereocenters. The number of rotatable bonds is 11. The van der Waals surface area contributed by atoms with Crippen LogP contribution in [-0.4, -0.2) is 53.6 Å². The van der Waals surface area contributed by atoms with E-state index in [1.165, 1.54) is 31.2 Å². The van der Waals surface area contributed by atoms with Crippen LogP contribution in [0.4, 0.5) is 0 Å². The molecule has 0 heterocycles. The lowest BCUT2D eigenvalue weighted by Crippen LogP contribution is -2.43. The summed E-state index contributed by atoms with van der Waals surface area (Å²) in [6, 6.07) is 6.28. The first kappa shape index (κ1) is 26.0. The van der Waals surface area contributed by atoms with Crippen LogP contribution in [-0.2, 0) is 16.0 Å². The van der Waals surface area contributed by atoms with Gasteiger partial charge in [-0.15, -0.1) is 24.0 Å². The highest BCUT2D eigenvalue weighted by atomic mass is 127. The number of guanidine groups is 1. The predicted molar refractivity (Wildman–Crippen MR) is 130 cm³/mol. The van der Waals surface area contributed by atoms with E-state index >= 15 is 0 Å². The highest BCUT2D eigenvalue weighted by molar-refractivity contribution is 14.0. The Morgan fingerprint density at radius 1 is 1.07 bits per heavy atom. The van der Waals surface area contributed by atoms with Crippen molar-refractivity contribution in [3.63, 3.8) is 0 Å². The Balaban J connectivity index is 0.00000420. The number of nitrogens with one attached hydrogen (secondary N) is 2. The quantitative estimate of drug-likeness (QED) is 0.201. The average molecular weight is 519 g/mol. The monoisotopic (exact) mass is 519 g/mol. The third-order valence-electron chi connectivity index (χ3n) is 5.57. The third-order valence-corrected chi connectivity index (χ3v) is 5.57. The zero-order valence-corrected chi connectivity index (χ0v) is 20.7. The summed E-state index contributed by atoms with van der Waals surface area (Å²) in [5.41, 5.74) is 2.62. The van der Waals surface area contributed by atoms with Gasteiger partial charge in [0.15, 0.2) is 5.96 Å². The molecular formula is C22H38IN3O3. The second-order valence-corrected chi connectivity index (χ2v) is 7.68. The first-order valence-electron chi connectivity index (χ1n) is 10.3. The van der Waals surface area contributed by atoms with Crippen molar-refractivity contribution >= 4 is 29.9 Å². The minimum Gasteiger partial charge on any atom is -0.491 e. The Hall–Kier alpha value is -1.06. The van der Waals surface area contributed by atoms with Gasteiger partial charge in [0.2, 0.25) is 0 Å². The van der Waals surface area contributed by atoms with E-state index in [9.17, 15) is 0 Å². The second kappa shape index (κ2) is 14.0. The summed E-state index contributed by atoms with van der Waals surface area (Å²) in [6.07, 6.45) is 6.24. The zero-order chi connectivity index (χ0) is 20.2. The largest absolute Gasteiger partial charge is 0.491 e. The van der Waals surface area contributed by atoms with Gasteiger partial charge in [0, 0.05) is 46.5 Å². The van der Waals surface area contributed by atoms with Gasteiger partial charge >= 0.3 is 0 Å². The molecule has 0 amide bonds. The molecule has 1 aromatic rings. The van der Waals surface area contributed by atoms with Crippen LogP contribution >= 0.6 is 24.0 Å². The highest BCUT2D eigenvalue weighted by Gasteiger charge is 2.33. The maximum Gasteiger partial charge on any atom is 0.191 e. The maximum absolute atomic E-state index is 5.89. The maximum atomic E-state index is 5.89. The lowest BCUT2D eigenvalue weighted by atomic mass is 9.83. The van der Waals surface area contributed by atoms with Crippen molar-refractivity contribution in [2.75, 3.05) is 47.6 Å². The van der Waals surface area contributed by atoms with Crippen LogP contribution in [0.25, 0.3) is 0 Å². The normalized spacial score (nSPS) is 15.7. The van der Waals surface area contributed by atoms with Gasteiger partial charge in [0.25, 0.3) is 0 Å². The molecule has 1 fully saturated rings. The molecule has 0 radical (unpaired) electrons. The summed E-state index contributed by atoms with van der Waals surface area (Å²) >= 11 is 0. The molecule has 1 aliphatic rings. The molecule has 2 rings (SSSR count). The molecule has 0 spiro atoms. The molecule has 6 nitrogen and oxygen atoms in total. The molecular weight excluding hydrogens is 481 g/mol. The SMILES string of the molecule is CN=C(NCc1ccc(C)cc1OCCOC)NCC1(CCOC)CCCC1.I. The molecule has 0 bridgehead atoms. The molecule has 2 N–H and O–H groups in total. The first-order valence-corrected chi connectivity index (χ1v) is 10.3. The van der Waals surface area contributed by atoms with E-state index in [0.717, 1.165) is 36.8 Å². The van der Waals surface area contributed by atoms with Crippen LogP contribution in [0.3, 0.4) is 0 Å². The van der Waals surface area contributed by atoms with Crippen molar-refractivity contribution in [3.05, 3.63) is 29.3 Å². The van der Waals surface area contributed by atoms with Crippen molar-refractivity contribution in [3.8, 4) is 5.75 Å². The average Bonchev–Trinajstić information content (AvgIpc) is 3.17. The standard InChI is InChI=1S/C22H37N3O3.HI/c1-18-7-8-19(20(15-18)28-14-13-27-4)16-24-21(23-2)25-17-22(11-12-26-3)9-5-6-10-22;/h7-8,15H,5-6,9-14,16-17H2,1-4H3,(H2,23,24,25);1H. The van der Waals surface area contributed by atoms with E-state index in [2.05, 4.69) is 40.7 Å². The Bertz CT molecular complexity index is 619. The van der Waals surface area contributed by atoms with E-state index in [1.54, 1.807) is 14.2 Å². The smallest absolute Gasteiger partial charge is 0.191 e. The fourth-order valence-electron chi connectivity index (χ4n) is 3.81. The molecule has 7 heteroatoms. The van der Waals surface area contributed by atoms with Gasteiger partial charge in [-0.1, -0.05) is 25.0 Å². The van der Waals surface area contributed by atoms with Crippen molar-refractivity contribution in [2.45, 2.75) is 45.6 Å². The molecule has 0 saturated heterocycles. The molecule has 29 heavy (non-hydrogen) atoms. The lowest BCUT2D eigenvalue weighted by molar-refractivity contribution is 0.138. The number of hydrogen-bond donors (Lipinski definition) is 2. The number of halogens is 1. The van der Waals surface area contributed by atoms with Gasteiger partial charge < -0.3 is 24.8 Å². The number of aliphatic imine (C=N–C) groups is 1. The van der Waals surface area contributed by atoms with Gasteiger partial charge in [0.05, 0.1) is 6.61 Å². The number of aryl methyl sites for hydroxylation is 1. The second-order valence-electron chi connectivity index (χ2n) is 7.68. The van der Waals surface area contributed by atoms with Gasteiger partial charge in [-0.25, -0.2) is 0 Å². The topological polar surface area (TPSA) is 64.1 Å². The lowest BCUT2D eigenvalue weighted by Gasteiger charge is -2.30. The van der Waals surface area contributed by atoms with Crippen LogP contribution in [0.1, 0.15) is 43.2 Å². The van der Waals surface area contributed by atoms with Crippen molar-refractivity contribution in [1.29, 1.82) is 0 Å². The Morgan fingerprint density at radius 3 is 2.45 bits per heavy atom. The molecule has 0 aromatic heterocycles. The molecule has 1 aromatic carbocycles. The Morgan fingerprint density at radius 2 is 1.79 bits per heavy atom. The van der Waals surface area contributed by atoms with Gasteiger partial charge in [-0.2, -0.15) is 0 Å². The minimum atomic E-state index is 0. The van der Waals surface area contributed by atoms with E-state index < -0.39 is 0 Å². The Labute approximate surface area is 193 Å². The van der Waals surface area contributed by atoms with Crippen LogP contribution in [0.5, 0.6) is 5.75 Å². The summed E-state index contributed by atoms with van der Waals surface area (Å²) in [5.74, 6) is 1.72. The van der Waals surface area contributed by atoms with Gasteiger partial charge in [-0.3, -0.25) is 4.99 Å². The molecule has 1 aliphatic carbocycles. The molecule has 1 saturated carbocycles. The molecule has 0 aliphatic heterocycles. The number of ether oxygens (including phenoxy) is 3. The summed E-state index contributed by atoms with van der Waals surface area (Å²) < 4.78 is 16.3. The summed E-state index contributed by atoms with van der Waals surface area (Å²) in [4.78, 5) is 4.40. The summed E-state index contributed by atoms with van der Waals surface area (Å²) in [5, 5.41) is 6.97. The van der Waals surface area contributed by atoms with Crippen LogP contribution in [0.15, 0.2) is 23.2 Å². The Kier molecular flexibility index (Phi) is 12.6. The molecule has 0 atom stereocenters. The van der Waals surface area contributed by atoms with Crippen molar-refractivity contribution in [2.24, 2.45) is 10.4 Å². The fraction of sp³-hybridized carbons (Fsp3) is 0.682. The number of hydrogen-bond acceptors (Lipinski definition) is 4. The van der Waals surface area contributed by atoms with Crippen molar-refractivity contribution in [1.82, 2.24) is 10.6 Å². The summed E-state index contributed by atoms with van der Waals surface area (Å²) in [7, 11) is 5.28. The van der Waals surface area contributed by atoms with E-state index in [-0.39, 0.29) is 24.0 Å². The van der Waals surface area contributed by atoms with E-state index in [0.29, 0.717) is 25.2 Å². The van der Waals surface area contributed by atoms with Gasteiger partial charge in [0.1, 0.15) is 12.4 Å². The van der Waals surface area contributed by atoms with Crippen LogP contribution in [0, 0.1) is 12.3 Å².